The Labute approximate surface area is 106 Å². The summed E-state index contributed by atoms with van der Waals surface area (Å²) in [6.07, 6.45) is 0. The van der Waals surface area contributed by atoms with Crippen LogP contribution in [0, 0.1) is 6.92 Å². The van der Waals surface area contributed by atoms with Crippen molar-refractivity contribution < 1.29 is 0 Å². The van der Waals surface area contributed by atoms with E-state index in [1.54, 1.807) is 12.1 Å². The zero-order chi connectivity index (χ0) is 12.8. The molecule has 2 nitrogen and oxygen atoms in total. The third-order valence-corrected chi connectivity index (χ3v) is 3.27. The molecule has 2 aromatic rings. The maximum Gasteiger partial charge on any atom is 0.191 e. The average Bonchev–Trinajstić information content (AvgIpc) is 2.21. The zero-order valence-electron chi connectivity index (χ0n) is 10.5. The molecule has 0 bridgehead atoms. The lowest BCUT2D eigenvalue weighted by atomic mass is 9.91. The first-order valence-corrected chi connectivity index (χ1v) is 6.01. The molecule has 0 spiro atoms. The van der Waals surface area contributed by atoms with E-state index in [2.05, 4.69) is 25.8 Å². The second-order valence-corrected chi connectivity index (χ2v) is 5.82. The van der Waals surface area contributed by atoms with Crippen LogP contribution in [0.25, 0.3) is 10.9 Å². The highest BCUT2D eigenvalue weighted by Crippen LogP contribution is 2.25. The van der Waals surface area contributed by atoms with Crippen molar-refractivity contribution in [1.82, 2.24) is 4.98 Å². The minimum atomic E-state index is -0.0812. The van der Waals surface area contributed by atoms with Gasteiger partial charge in [0.1, 0.15) is 0 Å². The molecule has 0 amide bonds. The van der Waals surface area contributed by atoms with Crippen molar-refractivity contribution in [2.75, 3.05) is 0 Å². The topological polar surface area (TPSA) is 32.9 Å². The Hall–Kier alpha value is -1.28. The number of benzene rings is 1. The number of halogens is 1. The van der Waals surface area contributed by atoms with Gasteiger partial charge in [0.15, 0.2) is 5.43 Å². The maximum absolute atomic E-state index is 12.1. The van der Waals surface area contributed by atoms with Gasteiger partial charge in [-0.2, -0.15) is 0 Å². The molecular formula is C14H16ClNO. The third kappa shape index (κ3) is 2.09. The first kappa shape index (κ1) is 12.2. The van der Waals surface area contributed by atoms with Crippen molar-refractivity contribution in [1.29, 1.82) is 0 Å². The van der Waals surface area contributed by atoms with E-state index < -0.39 is 0 Å². The molecule has 90 valence electrons. The Morgan fingerprint density at radius 2 is 1.88 bits per heavy atom. The summed E-state index contributed by atoms with van der Waals surface area (Å²) >= 11 is 6.08. The first-order valence-electron chi connectivity index (χ1n) is 5.63. The van der Waals surface area contributed by atoms with Gasteiger partial charge in [-0.3, -0.25) is 4.79 Å². The summed E-state index contributed by atoms with van der Waals surface area (Å²) in [7, 11) is 0. The van der Waals surface area contributed by atoms with Crippen LogP contribution in [-0.2, 0) is 5.41 Å². The van der Waals surface area contributed by atoms with E-state index in [0.29, 0.717) is 10.4 Å². The van der Waals surface area contributed by atoms with Crippen LogP contribution in [0.15, 0.2) is 23.0 Å². The highest BCUT2D eigenvalue weighted by atomic mass is 35.5. The molecule has 1 heterocycles. The van der Waals surface area contributed by atoms with Crippen LogP contribution in [0.4, 0.5) is 0 Å². The van der Waals surface area contributed by atoms with Crippen LogP contribution >= 0.6 is 11.6 Å². The molecule has 0 saturated heterocycles. The van der Waals surface area contributed by atoms with Gasteiger partial charge >= 0.3 is 0 Å². The van der Waals surface area contributed by atoms with Gasteiger partial charge in [-0.05, 0) is 18.6 Å². The highest BCUT2D eigenvalue weighted by Gasteiger charge is 2.17. The molecule has 0 radical (unpaired) electrons. The Bertz CT molecular complexity index is 635. The van der Waals surface area contributed by atoms with E-state index in [9.17, 15) is 4.79 Å². The lowest BCUT2D eigenvalue weighted by Crippen LogP contribution is -2.18. The van der Waals surface area contributed by atoms with Gasteiger partial charge in [0.2, 0.25) is 0 Å². The molecule has 2 rings (SSSR count). The Kier molecular flexibility index (Phi) is 2.78. The summed E-state index contributed by atoms with van der Waals surface area (Å²) in [5.74, 6) is 0. The zero-order valence-corrected chi connectivity index (χ0v) is 11.3. The van der Waals surface area contributed by atoms with E-state index in [1.807, 2.05) is 13.0 Å². The van der Waals surface area contributed by atoms with E-state index in [-0.39, 0.29) is 10.8 Å². The number of pyridine rings is 1. The van der Waals surface area contributed by atoms with Gasteiger partial charge in [-0.15, -0.1) is 0 Å². The molecular weight excluding hydrogens is 234 g/mol. The van der Waals surface area contributed by atoms with Gasteiger partial charge in [-0.25, -0.2) is 0 Å². The minimum Gasteiger partial charge on any atom is -0.357 e. The molecule has 1 N–H and O–H groups in total. The minimum absolute atomic E-state index is 0.0163. The molecule has 0 aliphatic carbocycles. The number of aromatic amines is 1. The van der Waals surface area contributed by atoms with Crippen LogP contribution in [0.5, 0.6) is 0 Å². The molecule has 17 heavy (non-hydrogen) atoms. The molecule has 1 aromatic heterocycles. The van der Waals surface area contributed by atoms with Gasteiger partial charge in [0, 0.05) is 17.2 Å². The molecule has 0 fully saturated rings. The molecule has 0 unspecified atom stereocenters. The Morgan fingerprint density at radius 1 is 1.24 bits per heavy atom. The van der Waals surface area contributed by atoms with Crippen molar-refractivity contribution in [3.8, 4) is 0 Å². The van der Waals surface area contributed by atoms with Crippen molar-refractivity contribution in [3.63, 3.8) is 0 Å². The lowest BCUT2D eigenvalue weighted by molar-refractivity contribution is 0.571. The van der Waals surface area contributed by atoms with Crippen molar-refractivity contribution in [2.45, 2.75) is 33.1 Å². The Morgan fingerprint density at radius 3 is 2.47 bits per heavy atom. The molecule has 0 aliphatic rings. The second-order valence-electron chi connectivity index (χ2n) is 5.41. The van der Waals surface area contributed by atoms with Gasteiger partial charge in [-0.1, -0.05) is 38.4 Å². The maximum atomic E-state index is 12.1. The van der Waals surface area contributed by atoms with E-state index in [1.165, 1.54) is 0 Å². The molecule has 1 aromatic carbocycles. The van der Waals surface area contributed by atoms with Crippen molar-refractivity contribution in [3.05, 3.63) is 44.7 Å². The molecule has 0 atom stereocenters. The Balaban J connectivity index is 2.92. The summed E-state index contributed by atoms with van der Waals surface area (Å²) in [6, 6.07) is 5.34. The quantitative estimate of drug-likeness (QED) is 0.757. The number of hydrogen-bond acceptors (Lipinski definition) is 1. The van der Waals surface area contributed by atoms with Crippen LogP contribution in [0.3, 0.4) is 0 Å². The second kappa shape index (κ2) is 3.88. The largest absolute Gasteiger partial charge is 0.357 e. The summed E-state index contributed by atoms with van der Waals surface area (Å²) < 4.78 is 0. The van der Waals surface area contributed by atoms with E-state index >= 15 is 0 Å². The number of aromatic nitrogens is 1. The first-order chi connectivity index (χ1) is 7.80. The molecule has 0 aliphatic heterocycles. The fraction of sp³-hybridized carbons (Fsp3) is 0.357. The smallest absolute Gasteiger partial charge is 0.191 e. The van der Waals surface area contributed by atoms with Crippen molar-refractivity contribution >= 4 is 22.5 Å². The predicted molar refractivity (Wildman–Crippen MR) is 73.0 cm³/mol. The SMILES string of the molecule is Cc1ccc(Cl)c2c(=O)cc(C(C)(C)C)[nH]c12. The molecule has 3 heteroatoms. The number of H-pyrrole nitrogens is 1. The van der Waals surface area contributed by atoms with Crippen LogP contribution < -0.4 is 5.43 Å². The summed E-state index contributed by atoms with van der Waals surface area (Å²) in [5.41, 5.74) is 2.71. The highest BCUT2D eigenvalue weighted by molar-refractivity contribution is 6.35. The third-order valence-electron chi connectivity index (χ3n) is 2.95. The summed E-state index contributed by atoms with van der Waals surface area (Å²) in [5, 5.41) is 1.09. The number of fused-ring (bicyclic) bond motifs is 1. The fourth-order valence-corrected chi connectivity index (χ4v) is 2.11. The van der Waals surface area contributed by atoms with Gasteiger partial charge in [0.25, 0.3) is 0 Å². The lowest BCUT2D eigenvalue weighted by Gasteiger charge is -2.19. The van der Waals surface area contributed by atoms with Gasteiger partial charge in [0.05, 0.1) is 15.9 Å². The fourth-order valence-electron chi connectivity index (χ4n) is 1.86. The normalized spacial score (nSPS) is 12.1. The number of hydrogen-bond donors (Lipinski definition) is 1. The van der Waals surface area contributed by atoms with Crippen molar-refractivity contribution in [2.24, 2.45) is 0 Å². The van der Waals surface area contributed by atoms with Crippen LogP contribution in [0.1, 0.15) is 32.0 Å². The van der Waals surface area contributed by atoms with Gasteiger partial charge < -0.3 is 4.98 Å². The van der Waals surface area contributed by atoms with Crippen LogP contribution in [-0.4, -0.2) is 4.98 Å². The monoisotopic (exact) mass is 249 g/mol. The van der Waals surface area contributed by atoms with E-state index in [4.69, 9.17) is 11.6 Å². The number of rotatable bonds is 0. The number of aryl methyl sites for hydroxylation is 1. The average molecular weight is 250 g/mol. The summed E-state index contributed by atoms with van der Waals surface area (Å²) in [6.45, 7) is 8.19. The predicted octanol–water partition coefficient (Wildman–Crippen LogP) is 3.79. The number of nitrogens with one attached hydrogen (secondary N) is 1. The summed E-state index contributed by atoms with van der Waals surface area (Å²) in [4.78, 5) is 15.4. The van der Waals surface area contributed by atoms with Crippen LogP contribution in [0.2, 0.25) is 5.02 Å². The standard InChI is InChI=1S/C14H16ClNO/c1-8-5-6-9(15)12-10(17)7-11(14(2,3)4)16-13(8)12/h5-7H,1-4H3,(H,16,17). The van der Waals surface area contributed by atoms with E-state index in [0.717, 1.165) is 16.8 Å². The molecule has 0 saturated carbocycles.